The van der Waals surface area contributed by atoms with Gasteiger partial charge in [-0.05, 0) is 30.5 Å². The zero-order chi connectivity index (χ0) is 14.3. The summed E-state index contributed by atoms with van der Waals surface area (Å²) < 4.78 is 5.11. The standard InChI is InChI=1S/C15H23NO3/c1-4-12(10-17)16-15(18)14(5-2)11-6-8-13(19-3)9-7-11/h6-9,12,14,17H,4-5,10H2,1-3H3,(H,16,18). The monoisotopic (exact) mass is 265 g/mol. The molecule has 1 aromatic carbocycles. The first kappa shape index (κ1) is 15.5. The van der Waals surface area contributed by atoms with Crippen LogP contribution in [0.25, 0.3) is 0 Å². The molecule has 2 atom stereocenters. The Balaban J connectivity index is 2.77. The van der Waals surface area contributed by atoms with E-state index in [-0.39, 0.29) is 24.5 Å². The largest absolute Gasteiger partial charge is 0.497 e. The zero-order valence-corrected chi connectivity index (χ0v) is 11.8. The summed E-state index contributed by atoms with van der Waals surface area (Å²) in [6.07, 6.45) is 1.45. The summed E-state index contributed by atoms with van der Waals surface area (Å²) in [4.78, 5) is 12.2. The molecule has 0 aliphatic carbocycles. The number of aliphatic hydroxyl groups excluding tert-OH is 1. The summed E-state index contributed by atoms with van der Waals surface area (Å²) in [6, 6.07) is 7.36. The van der Waals surface area contributed by atoms with Gasteiger partial charge in [-0.2, -0.15) is 0 Å². The van der Waals surface area contributed by atoms with E-state index >= 15 is 0 Å². The molecule has 19 heavy (non-hydrogen) atoms. The lowest BCUT2D eigenvalue weighted by molar-refractivity contribution is -0.123. The first-order valence-corrected chi connectivity index (χ1v) is 6.71. The summed E-state index contributed by atoms with van der Waals surface area (Å²) in [7, 11) is 1.62. The Labute approximate surface area is 114 Å². The number of methoxy groups -OCH3 is 1. The molecule has 4 heteroatoms. The van der Waals surface area contributed by atoms with Crippen LogP contribution in [0.15, 0.2) is 24.3 Å². The zero-order valence-electron chi connectivity index (χ0n) is 11.8. The normalized spacial score (nSPS) is 13.7. The quantitative estimate of drug-likeness (QED) is 0.793. The highest BCUT2D eigenvalue weighted by atomic mass is 16.5. The Kier molecular flexibility index (Phi) is 6.36. The topological polar surface area (TPSA) is 58.6 Å². The second-order valence-electron chi connectivity index (χ2n) is 4.53. The van der Waals surface area contributed by atoms with Crippen LogP contribution in [-0.4, -0.2) is 30.8 Å². The van der Waals surface area contributed by atoms with Crippen LogP contribution in [0.2, 0.25) is 0 Å². The predicted octanol–water partition coefficient (Wildman–Crippen LogP) is 2.08. The van der Waals surface area contributed by atoms with Gasteiger partial charge in [0.05, 0.1) is 25.7 Å². The number of carbonyl (C=O) groups is 1. The highest BCUT2D eigenvalue weighted by Gasteiger charge is 2.20. The van der Waals surface area contributed by atoms with E-state index in [4.69, 9.17) is 9.84 Å². The summed E-state index contributed by atoms with van der Waals surface area (Å²) in [5, 5.41) is 12.0. The Morgan fingerprint density at radius 3 is 2.32 bits per heavy atom. The van der Waals surface area contributed by atoms with E-state index in [0.717, 1.165) is 24.2 Å². The van der Waals surface area contributed by atoms with Crippen molar-refractivity contribution in [3.8, 4) is 5.75 Å². The molecular formula is C15H23NO3. The smallest absolute Gasteiger partial charge is 0.227 e. The van der Waals surface area contributed by atoms with Crippen LogP contribution in [0.3, 0.4) is 0 Å². The lowest BCUT2D eigenvalue weighted by atomic mass is 9.95. The first-order chi connectivity index (χ1) is 9.15. The van der Waals surface area contributed by atoms with Crippen molar-refractivity contribution in [1.82, 2.24) is 5.32 Å². The predicted molar refractivity (Wildman–Crippen MR) is 75.3 cm³/mol. The van der Waals surface area contributed by atoms with Crippen LogP contribution in [0.5, 0.6) is 5.75 Å². The second kappa shape index (κ2) is 7.79. The van der Waals surface area contributed by atoms with E-state index in [0.29, 0.717) is 0 Å². The Hall–Kier alpha value is -1.55. The lowest BCUT2D eigenvalue weighted by Gasteiger charge is -2.20. The molecule has 1 rings (SSSR count). The van der Waals surface area contributed by atoms with Gasteiger partial charge >= 0.3 is 0 Å². The van der Waals surface area contributed by atoms with E-state index in [1.54, 1.807) is 7.11 Å². The SMILES string of the molecule is CCC(CO)NC(=O)C(CC)c1ccc(OC)cc1. The van der Waals surface area contributed by atoms with E-state index in [9.17, 15) is 4.79 Å². The van der Waals surface area contributed by atoms with Crippen LogP contribution in [0, 0.1) is 0 Å². The highest BCUT2D eigenvalue weighted by Crippen LogP contribution is 2.22. The van der Waals surface area contributed by atoms with Gasteiger partial charge in [0.1, 0.15) is 5.75 Å². The molecule has 0 spiro atoms. The van der Waals surface area contributed by atoms with Crippen molar-refractivity contribution >= 4 is 5.91 Å². The molecule has 4 nitrogen and oxygen atoms in total. The molecule has 0 aromatic heterocycles. The second-order valence-corrected chi connectivity index (χ2v) is 4.53. The Bertz CT molecular complexity index is 385. The molecule has 2 N–H and O–H groups in total. The van der Waals surface area contributed by atoms with Crippen molar-refractivity contribution in [2.75, 3.05) is 13.7 Å². The van der Waals surface area contributed by atoms with Crippen LogP contribution in [0.1, 0.15) is 38.2 Å². The van der Waals surface area contributed by atoms with Crippen LogP contribution in [-0.2, 0) is 4.79 Å². The third-order valence-electron chi connectivity index (χ3n) is 3.30. The van der Waals surface area contributed by atoms with Crippen molar-refractivity contribution in [3.63, 3.8) is 0 Å². The molecule has 1 aromatic rings. The molecule has 106 valence electrons. The Morgan fingerprint density at radius 2 is 1.89 bits per heavy atom. The molecule has 1 amide bonds. The first-order valence-electron chi connectivity index (χ1n) is 6.71. The van der Waals surface area contributed by atoms with Gasteiger partial charge in [0.15, 0.2) is 0 Å². The fourth-order valence-electron chi connectivity index (χ4n) is 1.99. The van der Waals surface area contributed by atoms with Crippen LogP contribution in [0.4, 0.5) is 0 Å². The summed E-state index contributed by atoms with van der Waals surface area (Å²) in [5.74, 6) is 0.556. The van der Waals surface area contributed by atoms with Crippen LogP contribution >= 0.6 is 0 Å². The van der Waals surface area contributed by atoms with E-state index in [2.05, 4.69) is 5.32 Å². The van der Waals surface area contributed by atoms with Gasteiger partial charge in [-0.25, -0.2) is 0 Å². The molecule has 0 radical (unpaired) electrons. The van der Waals surface area contributed by atoms with Gasteiger partial charge in [0.25, 0.3) is 0 Å². The molecule has 0 fully saturated rings. The summed E-state index contributed by atoms with van der Waals surface area (Å²) >= 11 is 0. The van der Waals surface area contributed by atoms with Gasteiger partial charge in [0, 0.05) is 0 Å². The minimum Gasteiger partial charge on any atom is -0.497 e. The average molecular weight is 265 g/mol. The fraction of sp³-hybridized carbons (Fsp3) is 0.533. The van der Waals surface area contributed by atoms with E-state index in [1.807, 2.05) is 38.1 Å². The van der Waals surface area contributed by atoms with E-state index < -0.39 is 0 Å². The lowest BCUT2D eigenvalue weighted by Crippen LogP contribution is -2.39. The maximum atomic E-state index is 12.2. The minimum absolute atomic E-state index is 0.0265. The third-order valence-corrected chi connectivity index (χ3v) is 3.30. The number of hydrogen-bond donors (Lipinski definition) is 2. The van der Waals surface area contributed by atoms with Gasteiger partial charge < -0.3 is 15.2 Å². The van der Waals surface area contributed by atoms with Crippen molar-refractivity contribution in [3.05, 3.63) is 29.8 Å². The Morgan fingerprint density at radius 1 is 1.26 bits per heavy atom. The molecule has 0 aliphatic rings. The molecule has 0 bridgehead atoms. The number of carbonyl (C=O) groups excluding carboxylic acids is 1. The van der Waals surface area contributed by atoms with Crippen molar-refractivity contribution < 1.29 is 14.6 Å². The third kappa shape index (κ3) is 4.24. The fourth-order valence-corrected chi connectivity index (χ4v) is 1.99. The van der Waals surface area contributed by atoms with Crippen molar-refractivity contribution in [2.24, 2.45) is 0 Å². The maximum absolute atomic E-state index is 12.2. The van der Waals surface area contributed by atoms with Crippen LogP contribution < -0.4 is 10.1 Å². The number of hydrogen-bond acceptors (Lipinski definition) is 3. The summed E-state index contributed by atoms with van der Waals surface area (Å²) in [5.41, 5.74) is 0.966. The molecule has 0 saturated carbocycles. The number of rotatable bonds is 7. The molecule has 0 aliphatic heterocycles. The number of amides is 1. The molecular weight excluding hydrogens is 242 g/mol. The highest BCUT2D eigenvalue weighted by molar-refractivity contribution is 5.83. The van der Waals surface area contributed by atoms with Gasteiger partial charge in [-0.1, -0.05) is 26.0 Å². The number of nitrogens with one attached hydrogen (secondary N) is 1. The minimum atomic E-state index is -0.188. The van der Waals surface area contributed by atoms with Crippen molar-refractivity contribution in [2.45, 2.75) is 38.6 Å². The summed E-state index contributed by atoms with van der Waals surface area (Å²) in [6.45, 7) is 3.89. The molecule has 0 heterocycles. The van der Waals surface area contributed by atoms with Crippen molar-refractivity contribution in [1.29, 1.82) is 0 Å². The number of benzene rings is 1. The van der Waals surface area contributed by atoms with Gasteiger partial charge in [-0.15, -0.1) is 0 Å². The average Bonchev–Trinajstić information content (AvgIpc) is 2.46. The van der Waals surface area contributed by atoms with Gasteiger partial charge in [0.2, 0.25) is 5.91 Å². The maximum Gasteiger partial charge on any atom is 0.227 e. The molecule has 0 saturated heterocycles. The van der Waals surface area contributed by atoms with E-state index in [1.165, 1.54) is 0 Å². The number of aliphatic hydroxyl groups is 1. The number of ether oxygens (including phenoxy) is 1. The van der Waals surface area contributed by atoms with Gasteiger partial charge in [-0.3, -0.25) is 4.79 Å². The molecule has 2 unspecified atom stereocenters.